The van der Waals surface area contributed by atoms with Gasteiger partial charge in [0, 0.05) is 17.9 Å². The van der Waals surface area contributed by atoms with Gasteiger partial charge >= 0.3 is 0 Å². The Balaban J connectivity index is 1.45. The molecule has 1 nitrogen and oxygen atoms in total. The highest BCUT2D eigenvalue weighted by atomic mass is 35.5. The van der Waals surface area contributed by atoms with Crippen LogP contribution < -0.4 is 0 Å². The molecule has 0 fully saturated rings. The first kappa shape index (κ1) is 16.7. The maximum atomic E-state index is 12.2. The zero-order chi connectivity index (χ0) is 16.8. The fourth-order valence-corrected chi connectivity index (χ4v) is 3.09. The Hall–Kier alpha value is -2.12. The number of fused-ring (bicyclic) bond motifs is 1. The molecular weight excluding hydrogens is 316 g/mol. The third kappa shape index (κ3) is 4.69. The molecular formula is C22H21ClO. The largest absolute Gasteiger partial charge is 0.299 e. The van der Waals surface area contributed by atoms with Crippen LogP contribution in [-0.2, 0) is 17.6 Å². The number of rotatable bonds is 7. The van der Waals surface area contributed by atoms with Gasteiger partial charge in [0.25, 0.3) is 0 Å². The lowest BCUT2D eigenvalue weighted by Gasteiger charge is -2.04. The molecule has 0 unspecified atom stereocenters. The van der Waals surface area contributed by atoms with Crippen LogP contribution in [0.25, 0.3) is 10.8 Å². The number of carbonyl (C=O) groups excluding carboxylic acids is 1. The molecule has 0 aliphatic carbocycles. The average Bonchev–Trinajstić information content (AvgIpc) is 2.60. The maximum absolute atomic E-state index is 12.2. The van der Waals surface area contributed by atoms with Crippen molar-refractivity contribution in [1.29, 1.82) is 0 Å². The van der Waals surface area contributed by atoms with Crippen molar-refractivity contribution in [2.75, 3.05) is 0 Å². The molecule has 0 bridgehead atoms. The van der Waals surface area contributed by atoms with E-state index in [1.54, 1.807) is 0 Å². The van der Waals surface area contributed by atoms with E-state index in [0.29, 0.717) is 18.6 Å². The summed E-state index contributed by atoms with van der Waals surface area (Å²) in [6.07, 6.45) is 4.16. The van der Waals surface area contributed by atoms with Crippen molar-refractivity contribution in [1.82, 2.24) is 0 Å². The van der Waals surface area contributed by atoms with Crippen molar-refractivity contribution in [2.24, 2.45) is 0 Å². The predicted molar refractivity (Wildman–Crippen MR) is 102 cm³/mol. The highest BCUT2D eigenvalue weighted by molar-refractivity contribution is 6.30. The quantitative estimate of drug-likeness (QED) is 0.482. The van der Waals surface area contributed by atoms with Crippen LogP contribution in [0.4, 0.5) is 0 Å². The zero-order valence-electron chi connectivity index (χ0n) is 13.7. The number of hydrogen-bond acceptors (Lipinski definition) is 1. The minimum atomic E-state index is 0.321. The lowest BCUT2D eigenvalue weighted by molar-refractivity contribution is -0.118. The summed E-state index contributed by atoms with van der Waals surface area (Å²) >= 11 is 5.88. The van der Waals surface area contributed by atoms with Gasteiger partial charge in [-0.15, -0.1) is 0 Å². The first-order valence-electron chi connectivity index (χ1n) is 8.44. The van der Waals surface area contributed by atoms with Gasteiger partial charge in [0.05, 0.1) is 0 Å². The van der Waals surface area contributed by atoms with Gasteiger partial charge in [0.15, 0.2) is 0 Å². The van der Waals surface area contributed by atoms with Crippen LogP contribution in [0.3, 0.4) is 0 Å². The van der Waals surface area contributed by atoms with Crippen LogP contribution in [0.5, 0.6) is 0 Å². The third-order valence-corrected chi connectivity index (χ3v) is 4.55. The molecule has 0 N–H and O–H groups in total. The molecule has 0 radical (unpaired) electrons. The Morgan fingerprint density at radius 3 is 2.29 bits per heavy atom. The molecule has 122 valence electrons. The van der Waals surface area contributed by atoms with E-state index in [2.05, 4.69) is 42.5 Å². The summed E-state index contributed by atoms with van der Waals surface area (Å²) in [6.45, 7) is 0. The molecule has 0 aliphatic rings. The van der Waals surface area contributed by atoms with Gasteiger partial charge in [-0.05, 0) is 53.3 Å². The van der Waals surface area contributed by atoms with E-state index >= 15 is 0 Å². The van der Waals surface area contributed by atoms with Crippen molar-refractivity contribution in [2.45, 2.75) is 32.1 Å². The fraction of sp³-hybridized carbons (Fsp3) is 0.227. The molecule has 0 saturated carbocycles. The van der Waals surface area contributed by atoms with Gasteiger partial charge in [0.2, 0.25) is 0 Å². The van der Waals surface area contributed by atoms with E-state index in [9.17, 15) is 4.79 Å². The van der Waals surface area contributed by atoms with Crippen molar-refractivity contribution in [3.63, 3.8) is 0 Å². The Morgan fingerprint density at radius 2 is 1.50 bits per heavy atom. The molecule has 3 rings (SSSR count). The molecule has 0 spiro atoms. The smallest absolute Gasteiger partial charge is 0.137 e. The number of unbranched alkanes of at least 4 members (excludes halogenated alkanes) is 1. The Kier molecular flexibility index (Phi) is 5.66. The van der Waals surface area contributed by atoms with Gasteiger partial charge in [-0.2, -0.15) is 0 Å². The van der Waals surface area contributed by atoms with Crippen LogP contribution in [0.15, 0.2) is 66.7 Å². The lowest BCUT2D eigenvalue weighted by atomic mass is 10.0. The normalized spacial score (nSPS) is 10.9. The summed E-state index contributed by atoms with van der Waals surface area (Å²) in [5, 5.41) is 3.19. The maximum Gasteiger partial charge on any atom is 0.137 e. The standard InChI is InChI=1S/C22H21ClO/c23-21-13-10-17(11-14-21)5-1-4-8-22(24)16-18-9-12-19-6-2-3-7-20(19)15-18/h2-3,6-7,9-15H,1,4-5,8,16H2. The summed E-state index contributed by atoms with van der Waals surface area (Å²) in [4.78, 5) is 12.2. The van der Waals surface area contributed by atoms with Gasteiger partial charge in [-0.3, -0.25) is 4.79 Å². The van der Waals surface area contributed by atoms with Crippen LogP contribution >= 0.6 is 11.6 Å². The second kappa shape index (κ2) is 8.12. The van der Waals surface area contributed by atoms with Crippen LogP contribution in [0.1, 0.15) is 30.4 Å². The highest BCUT2D eigenvalue weighted by Gasteiger charge is 2.05. The number of aryl methyl sites for hydroxylation is 1. The van der Waals surface area contributed by atoms with Crippen molar-refractivity contribution < 1.29 is 4.79 Å². The SMILES string of the molecule is O=C(CCCCc1ccc(Cl)cc1)Cc1ccc2ccccc2c1. The predicted octanol–water partition coefficient (Wildman–Crippen LogP) is 6.02. The van der Waals surface area contributed by atoms with Gasteiger partial charge in [-0.25, -0.2) is 0 Å². The molecule has 3 aromatic carbocycles. The summed E-state index contributed by atoms with van der Waals surface area (Å²) in [5.41, 5.74) is 2.39. The second-order valence-electron chi connectivity index (χ2n) is 6.23. The topological polar surface area (TPSA) is 17.1 Å². The Bertz CT molecular complexity index is 821. The van der Waals surface area contributed by atoms with E-state index in [1.165, 1.54) is 16.3 Å². The number of Topliss-reactive ketones (excluding diaryl/α,β-unsaturated/α-hetero) is 1. The molecule has 0 amide bonds. The number of hydrogen-bond donors (Lipinski definition) is 0. The van der Waals surface area contributed by atoms with Gasteiger partial charge in [0.1, 0.15) is 5.78 Å². The summed E-state index contributed by atoms with van der Waals surface area (Å²) in [7, 11) is 0. The summed E-state index contributed by atoms with van der Waals surface area (Å²) in [5.74, 6) is 0.321. The molecule has 2 heteroatoms. The highest BCUT2D eigenvalue weighted by Crippen LogP contribution is 2.17. The van der Waals surface area contributed by atoms with Crippen molar-refractivity contribution in [3.8, 4) is 0 Å². The molecule has 0 atom stereocenters. The second-order valence-corrected chi connectivity index (χ2v) is 6.67. The molecule has 0 saturated heterocycles. The molecule has 3 aromatic rings. The van der Waals surface area contributed by atoms with E-state index in [0.717, 1.165) is 29.8 Å². The first-order valence-corrected chi connectivity index (χ1v) is 8.82. The Morgan fingerprint density at radius 1 is 0.792 bits per heavy atom. The van der Waals surface area contributed by atoms with Crippen molar-refractivity contribution in [3.05, 3.63) is 82.9 Å². The number of ketones is 1. The number of carbonyl (C=O) groups is 1. The summed E-state index contributed by atoms with van der Waals surface area (Å²) in [6, 6.07) is 22.5. The molecule has 24 heavy (non-hydrogen) atoms. The van der Waals surface area contributed by atoms with E-state index in [4.69, 9.17) is 11.6 Å². The van der Waals surface area contributed by atoms with Crippen LogP contribution in [0.2, 0.25) is 5.02 Å². The summed E-state index contributed by atoms with van der Waals surface area (Å²) < 4.78 is 0. The van der Waals surface area contributed by atoms with E-state index in [-0.39, 0.29) is 0 Å². The lowest BCUT2D eigenvalue weighted by Crippen LogP contribution is -2.02. The Labute approximate surface area is 148 Å². The molecule has 0 aliphatic heterocycles. The molecule has 0 aromatic heterocycles. The molecule has 0 heterocycles. The number of benzene rings is 3. The van der Waals surface area contributed by atoms with E-state index in [1.807, 2.05) is 24.3 Å². The fourth-order valence-electron chi connectivity index (χ4n) is 2.97. The zero-order valence-corrected chi connectivity index (χ0v) is 14.4. The van der Waals surface area contributed by atoms with Crippen LogP contribution in [-0.4, -0.2) is 5.78 Å². The van der Waals surface area contributed by atoms with Gasteiger partial charge in [-0.1, -0.05) is 66.2 Å². The number of halogens is 1. The van der Waals surface area contributed by atoms with Crippen LogP contribution in [0, 0.1) is 0 Å². The third-order valence-electron chi connectivity index (χ3n) is 4.30. The first-order chi connectivity index (χ1) is 11.7. The van der Waals surface area contributed by atoms with Crippen molar-refractivity contribution >= 4 is 28.2 Å². The minimum Gasteiger partial charge on any atom is -0.299 e. The average molecular weight is 337 g/mol. The minimum absolute atomic E-state index is 0.321. The van der Waals surface area contributed by atoms with E-state index < -0.39 is 0 Å². The monoisotopic (exact) mass is 336 g/mol. The van der Waals surface area contributed by atoms with Gasteiger partial charge < -0.3 is 0 Å².